The maximum atomic E-state index is 12.0. The van der Waals surface area contributed by atoms with Crippen LogP contribution >= 0.6 is 0 Å². The number of benzene rings is 3. The molecule has 3 aromatic carbocycles. The first kappa shape index (κ1) is 36.3. The predicted octanol–water partition coefficient (Wildman–Crippen LogP) is 10.1. The Morgan fingerprint density at radius 1 is 0.381 bits per heavy atom. The topological polar surface area (TPSA) is 80.9 Å². The monoisotopic (exact) mass is 666 g/mol. The summed E-state index contributed by atoms with van der Waals surface area (Å²) in [5, 5.41) is 25.9. The van der Waals surface area contributed by atoms with Crippen molar-refractivity contribution in [3.05, 3.63) is 91.0 Å². The van der Waals surface area contributed by atoms with Crippen LogP contribution in [0, 0.1) is 0 Å². The predicted molar refractivity (Wildman–Crippen MR) is 173 cm³/mol. The van der Waals surface area contributed by atoms with Crippen molar-refractivity contribution in [2.24, 2.45) is 0 Å². The van der Waals surface area contributed by atoms with E-state index in [0.717, 1.165) is 16.6 Å². The number of para-hydroxylation sites is 3. The minimum atomic E-state index is -2.05. The van der Waals surface area contributed by atoms with Gasteiger partial charge in [0, 0.05) is 26.2 Å². The van der Waals surface area contributed by atoms with E-state index in [1.807, 2.05) is 18.2 Å². The van der Waals surface area contributed by atoms with Gasteiger partial charge in [0.05, 0.1) is 0 Å². The van der Waals surface area contributed by atoms with Crippen LogP contribution in [0.4, 0.5) is 0 Å². The molecule has 0 radical (unpaired) electrons. The zero-order chi connectivity index (χ0) is 29.2. The molecular weight excluding hydrogens is 616 g/mol. The van der Waals surface area contributed by atoms with E-state index >= 15 is 0 Å². The fourth-order valence-electron chi connectivity index (χ4n) is 6.98. The van der Waals surface area contributed by atoms with Gasteiger partial charge in [-0.3, -0.25) is 0 Å². The van der Waals surface area contributed by atoms with E-state index < -0.39 is 8.32 Å². The molecule has 3 aliphatic rings. The molecule has 6 rings (SSSR count). The minimum Gasteiger partial charge on any atom is -0.508 e. The van der Waals surface area contributed by atoms with Crippen molar-refractivity contribution < 1.29 is 46.3 Å². The first-order valence-corrected chi connectivity index (χ1v) is 18.1. The Morgan fingerprint density at radius 3 is 0.762 bits per heavy atom. The Balaban J connectivity index is 0.000000229. The number of rotatable bonds is 3. The molecule has 0 aliphatic heterocycles. The number of aromatic hydroxyl groups is 3. The molecule has 0 aromatic heterocycles. The molecule has 0 atom stereocenters. The van der Waals surface area contributed by atoms with Crippen molar-refractivity contribution in [3.8, 4) is 17.2 Å². The van der Waals surface area contributed by atoms with Gasteiger partial charge in [-0.1, -0.05) is 151 Å². The second-order valence-electron chi connectivity index (χ2n) is 11.9. The molecule has 0 amide bonds. The van der Waals surface area contributed by atoms with Crippen molar-refractivity contribution in [1.82, 2.24) is 0 Å². The second-order valence-corrected chi connectivity index (χ2v) is 16.1. The van der Waals surface area contributed by atoms with Gasteiger partial charge in [0.2, 0.25) is 0 Å². The van der Waals surface area contributed by atoms with Crippen LogP contribution in [0.5, 0.6) is 17.2 Å². The van der Waals surface area contributed by atoms with Gasteiger partial charge in [0.25, 0.3) is 0 Å². The summed E-state index contributed by atoms with van der Waals surface area (Å²) in [6.45, 7) is 0. The molecule has 4 N–H and O–H groups in total. The van der Waals surface area contributed by atoms with Gasteiger partial charge >= 0.3 is 0 Å². The van der Waals surface area contributed by atoms with E-state index in [2.05, 4.69) is 0 Å². The van der Waals surface area contributed by atoms with Crippen LogP contribution in [0.1, 0.15) is 96.3 Å². The molecule has 6 heteroatoms. The van der Waals surface area contributed by atoms with Gasteiger partial charge in [-0.2, -0.15) is 0 Å². The molecule has 0 bridgehead atoms. The standard InChI is InChI=1S/C18H34OSi.3C6H6O.Zr/c19-20(16-10-4-1-5-11-16,17-12-6-2-7-13-17)18-14-8-3-9-15-18;3*7-6-4-2-1-3-5-6;/h16-19H,1-15H2;3*1-5,7H;. The van der Waals surface area contributed by atoms with Crippen molar-refractivity contribution in [1.29, 1.82) is 0 Å². The quantitative estimate of drug-likeness (QED) is 0.210. The molecule has 3 saturated carbocycles. The minimum absolute atomic E-state index is 0. The maximum Gasteiger partial charge on any atom is 0.197 e. The fraction of sp³-hybridized carbons (Fsp3) is 0.500. The Hall–Kier alpha value is -1.88. The van der Waals surface area contributed by atoms with Gasteiger partial charge in [-0.05, 0) is 53.0 Å². The van der Waals surface area contributed by atoms with Crippen LogP contribution in [0.25, 0.3) is 0 Å². The number of phenolic OH excluding ortho intramolecular Hbond substituents is 3. The maximum absolute atomic E-state index is 12.0. The molecule has 0 heterocycles. The molecule has 228 valence electrons. The Morgan fingerprint density at radius 2 is 0.595 bits per heavy atom. The molecule has 3 fully saturated rings. The van der Waals surface area contributed by atoms with E-state index in [4.69, 9.17) is 15.3 Å². The molecule has 42 heavy (non-hydrogen) atoms. The van der Waals surface area contributed by atoms with Crippen LogP contribution in [0.3, 0.4) is 0 Å². The van der Waals surface area contributed by atoms with Gasteiger partial charge in [0.15, 0.2) is 8.32 Å². The van der Waals surface area contributed by atoms with Crippen molar-refractivity contribution in [2.45, 2.75) is 113 Å². The summed E-state index contributed by atoms with van der Waals surface area (Å²) in [4.78, 5) is 12.0. The SMILES string of the molecule is O[Si](C1CCCCC1)(C1CCCCC1)C1CCCCC1.Oc1ccccc1.Oc1ccccc1.Oc1ccccc1.[Zr]. The first-order valence-electron chi connectivity index (χ1n) is 15.9. The fourth-order valence-corrected chi connectivity index (χ4v) is 13.0. The Kier molecular flexibility index (Phi) is 18.1. The summed E-state index contributed by atoms with van der Waals surface area (Å²) in [6, 6.07) is 26.1. The summed E-state index contributed by atoms with van der Waals surface area (Å²) >= 11 is 0. The van der Waals surface area contributed by atoms with E-state index in [-0.39, 0.29) is 26.2 Å². The Labute approximate surface area is 274 Å². The molecule has 4 nitrogen and oxygen atoms in total. The summed E-state index contributed by atoms with van der Waals surface area (Å²) < 4.78 is 0. The van der Waals surface area contributed by atoms with E-state index in [1.54, 1.807) is 72.8 Å². The zero-order valence-electron chi connectivity index (χ0n) is 25.3. The molecule has 0 saturated heterocycles. The van der Waals surface area contributed by atoms with Crippen LogP contribution in [-0.2, 0) is 26.2 Å². The number of hydrogen-bond donors (Lipinski definition) is 4. The molecule has 3 aliphatic carbocycles. The van der Waals surface area contributed by atoms with Crippen molar-refractivity contribution in [3.63, 3.8) is 0 Å². The van der Waals surface area contributed by atoms with Crippen LogP contribution in [-0.4, -0.2) is 28.4 Å². The molecule has 0 unspecified atom stereocenters. The Bertz CT molecular complexity index is 901. The van der Waals surface area contributed by atoms with Gasteiger partial charge < -0.3 is 20.1 Å². The van der Waals surface area contributed by atoms with Crippen molar-refractivity contribution in [2.75, 3.05) is 0 Å². The van der Waals surface area contributed by atoms with Gasteiger partial charge in [-0.15, -0.1) is 0 Å². The van der Waals surface area contributed by atoms with E-state index in [1.165, 1.54) is 96.3 Å². The van der Waals surface area contributed by atoms with Gasteiger partial charge in [-0.25, -0.2) is 0 Å². The summed E-state index contributed by atoms with van der Waals surface area (Å²) in [5.74, 6) is 0.965. The number of hydrogen-bond acceptors (Lipinski definition) is 4. The van der Waals surface area contributed by atoms with E-state index in [9.17, 15) is 4.80 Å². The van der Waals surface area contributed by atoms with Crippen LogP contribution in [0.2, 0.25) is 16.6 Å². The summed E-state index contributed by atoms with van der Waals surface area (Å²) in [7, 11) is -2.05. The molecule has 0 spiro atoms. The molecular formula is C36H52O4SiZr. The smallest absolute Gasteiger partial charge is 0.197 e. The average Bonchev–Trinajstić information content (AvgIpc) is 3.04. The van der Waals surface area contributed by atoms with E-state index in [0.29, 0.717) is 17.2 Å². The second kappa shape index (κ2) is 20.9. The first-order chi connectivity index (χ1) is 20.0. The normalized spacial score (nSPS) is 17.9. The molecule has 3 aromatic rings. The van der Waals surface area contributed by atoms with Crippen molar-refractivity contribution >= 4 is 8.32 Å². The van der Waals surface area contributed by atoms with Crippen LogP contribution in [0.15, 0.2) is 91.0 Å². The number of phenols is 3. The largest absolute Gasteiger partial charge is 0.508 e. The average molecular weight is 668 g/mol. The third-order valence-corrected chi connectivity index (χ3v) is 14.7. The summed E-state index contributed by atoms with van der Waals surface area (Å²) in [6.07, 6.45) is 20.9. The third kappa shape index (κ3) is 12.8. The summed E-state index contributed by atoms with van der Waals surface area (Å²) in [5.41, 5.74) is 2.30. The zero-order valence-corrected chi connectivity index (χ0v) is 28.7. The van der Waals surface area contributed by atoms with Gasteiger partial charge in [0.1, 0.15) is 17.2 Å². The third-order valence-electron chi connectivity index (χ3n) is 9.05. The van der Waals surface area contributed by atoms with Crippen LogP contribution < -0.4 is 0 Å².